The van der Waals surface area contributed by atoms with Crippen molar-refractivity contribution in [3.63, 3.8) is 0 Å². The van der Waals surface area contributed by atoms with Crippen molar-refractivity contribution >= 4 is 15.9 Å². The zero-order valence-electron chi connectivity index (χ0n) is 13.1. The normalized spacial score (nSPS) is 22.4. The molecule has 4 rings (SSSR count). The van der Waals surface area contributed by atoms with Gasteiger partial charge < -0.3 is 9.88 Å². The highest BCUT2D eigenvalue weighted by Crippen LogP contribution is 2.32. The van der Waals surface area contributed by atoms with Gasteiger partial charge in [0.15, 0.2) is 0 Å². The first-order valence-electron chi connectivity index (χ1n) is 8.35. The maximum Gasteiger partial charge on any atom is 0.223 e. The molecule has 0 atom stereocenters. The Morgan fingerprint density at radius 2 is 2.04 bits per heavy atom. The average molecular weight is 338 g/mol. The third kappa shape index (κ3) is 2.89. The Morgan fingerprint density at radius 3 is 2.70 bits per heavy atom. The van der Waals surface area contributed by atoms with E-state index >= 15 is 0 Å². The Labute approximate surface area is 136 Å². The summed E-state index contributed by atoms with van der Waals surface area (Å²) in [5.74, 6) is 1.06. The molecule has 7 nitrogen and oxygen atoms in total. The zero-order valence-corrected chi connectivity index (χ0v) is 13.9. The predicted octanol–water partition coefficient (Wildman–Crippen LogP) is 0.607. The monoisotopic (exact) mass is 338 g/mol. The van der Waals surface area contributed by atoms with Gasteiger partial charge in [0, 0.05) is 25.2 Å². The van der Waals surface area contributed by atoms with E-state index in [1.54, 1.807) is 4.31 Å². The molecule has 1 amide bonds. The summed E-state index contributed by atoms with van der Waals surface area (Å²) in [6.45, 7) is 1.90. The van der Waals surface area contributed by atoms with Crippen LogP contribution in [0.25, 0.3) is 0 Å². The molecule has 0 spiro atoms. The Kier molecular flexibility index (Phi) is 3.68. The molecule has 1 N–H and O–H groups in total. The van der Waals surface area contributed by atoms with E-state index < -0.39 is 10.0 Å². The molecule has 2 saturated carbocycles. The van der Waals surface area contributed by atoms with Gasteiger partial charge in [-0.25, -0.2) is 13.4 Å². The minimum Gasteiger partial charge on any atom is -0.350 e. The van der Waals surface area contributed by atoms with E-state index in [0.717, 1.165) is 43.6 Å². The number of imidazole rings is 1. The number of nitrogens with one attached hydrogen (secondary N) is 1. The molecule has 23 heavy (non-hydrogen) atoms. The first-order chi connectivity index (χ1) is 11.0. The van der Waals surface area contributed by atoms with Crippen LogP contribution in [0.2, 0.25) is 0 Å². The lowest BCUT2D eigenvalue weighted by atomic mass is 9.85. The second-order valence-corrected chi connectivity index (χ2v) is 8.98. The summed E-state index contributed by atoms with van der Waals surface area (Å²) in [7, 11) is -3.14. The highest BCUT2D eigenvalue weighted by atomic mass is 32.2. The number of hydrogen-bond acceptors (Lipinski definition) is 4. The molecule has 8 heteroatoms. The van der Waals surface area contributed by atoms with Crippen molar-refractivity contribution < 1.29 is 13.2 Å². The summed E-state index contributed by atoms with van der Waals surface area (Å²) in [6, 6.07) is 0. The number of nitrogens with zero attached hydrogens (tertiary/aromatic N) is 3. The molecular formula is C15H22N4O3S. The summed E-state index contributed by atoms with van der Waals surface area (Å²) in [5, 5.41) is 2.76. The molecule has 0 unspecified atom stereocenters. The number of rotatable bonds is 5. The average Bonchev–Trinajstić information content (AvgIpc) is 3.23. The van der Waals surface area contributed by atoms with Gasteiger partial charge in [-0.1, -0.05) is 6.42 Å². The molecule has 1 aromatic rings. The van der Waals surface area contributed by atoms with Gasteiger partial charge in [0.25, 0.3) is 0 Å². The summed E-state index contributed by atoms with van der Waals surface area (Å²) in [6.07, 6.45) is 6.61. The van der Waals surface area contributed by atoms with E-state index in [2.05, 4.69) is 10.3 Å². The number of sulfonamides is 1. The highest BCUT2D eigenvalue weighted by molar-refractivity contribution is 7.90. The first-order valence-corrected chi connectivity index (χ1v) is 9.86. The number of aromatic nitrogens is 2. The molecule has 2 fully saturated rings. The fraction of sp³-hybridized carbons (Fsp3) is 0.733. The highest BCUT2D eigenvalue weighted by Gasteiger charge is 2.41. The van der Waals surface area contributed by atoms with Gasteiger partial charge in [-0.2, -0.15) is 4.31 Å². The molecule has 0 saturated heterocycles. The van der Waals surface area contributed by atoms with E-state index in [1.165, 1.54) is 0 Å². The number of carbonyl (C=O) groups is 1. The van der Waals surface area contributed by atoms with E-state index in [0.29, 0.717) is 26.2 Å². The fourth-order valence-corrected chi connectivity index (χ4v) is 4.95. The lowest BCUT2D eigenvalue weighted by Crippen LogP contribution is -2.40. The van der Waals surface area contributed by atoms with E-state index in [9.17, 15) is 13.2 Å². The van der Waals surface area contributed by atoms with Crippen LogP contribution >= 0.6 is 0 Å². The molecule has 0 aromatic carbocycles. The summed E-state index contributed by atoms with van der Waals surface area (Å²) < 4.78 is 28.2. The van der Waals surface area contributed by atoms with Crippen molar-refractivity contribution in [3.05, 3.63) is 17.7 Å². The number of hydrogen-bond donors (Lipinski definition) is 1. The quantitative estimate of drug-likeness (QED) is 0.852. The third-order valence-corrected chi connectivity index (χ3v) is 7.39. The van der Waals surface area contributed by atoms with E-state index in [1.807, 2.05) is 10.8 Å². The SMILES string of the molecule is O=C(NCc1cn2c(n1)CN(S(=O)(=O)C1CC1)CC2)C1CCC1. The standard InChI is InChI=1S/C15H22N4O3S/c20-15(11-2-1-3-11)16-8-12-9-18-6-7-19(10-14(18)17-12)23(21,22)13-4-5-13/h9,11,13H,1-8,10H2,(H,16,20). The Morgan fingerprint density at radius 1 is 1.26 bits per heavy atom. The minimum absolute atomic E-state index is 0.111. The smallest absolute Gasteiger partial charge is 0.223 e. The predicted molar refractivity (Wildman–Crippen MR) is 83.8 cm³/mol. The number of carbonyl (C=O) groups excluding carboxylic acids is 1. The largest absolute Gasteiger partial charge is 0.350 e. The molecule has 1 aromatic heterocycles. The van der Waals surface area contributed by atoms with Crippen LogP contribution in [0.15, 0.2) is 6.20 Å². The Bertz CT molecular complexity index is 719. The molecule has 2 heterocycles. The lowest BCUT2D eigenvalue weighted by molar-refractivity contribution is -0.127. The van der Waals surface area contributed by atoms with Gasteiger partial charge in [-0.3, -0.25) is 4.79 Å². The summed E-state index contributed by atoms with van der Waals surface area (Å²) in [5.41, 5.74) is 0.804. The van der Waals surface area contributed by atoms with Crippen molar-refractivity contribution in [1.29, 1.82) is 0 Å². The van der Waals surface area contributed by atoms with Crippen molar-refractivity contribution in [2.24, 2.45) is 5.92 Å². The van der Waals surface area contributed by atoms with Gasteiger partial charge in [-0.05, 0) is 25.7 Å². The van der Waals surface area contributed by atoms with Crippen molar-refractivity contribution in [2.75, 3.05) is 6.54 Å². The van der Waals surface area contributed by atoms with Crippen LogP contribution in [0, 0.1) is 5.92 Å². The van der Waals surface area contributed by atoms with Gasteiger partial charge in [0.05, 0.1) is 24.0 Å². The molecule has 3 aliphatic rings. The van der Waals surface area contributed by atoms with Crippen molar-refractivity contribution in [2.45, 2.75) is 57.0 Å². The van der Waals surface area contributed by atoms with Gasteiger partial charge in [0.2, 0.25) is 15.9 Å². The Balaban J connectivity index is 1.40. The van der Waals surface area contributed by atoms with Crippen molar-refractivity contribution in [1.82, 2.24) is 19.2 Å². The van der Waals surface area contributed by atoms with Crippen LogP contribution < -0.4 is 5.32 Å². The van der Waals surface area contributed by atoms with Gasteiger partial charge in [0.1, 0.15) is 5.82 Å². The van der Waals surface area contributed by atoms with Crippen molar-refractivity contribution in [3.8, 4) is 0 Å². The minimum atomic E-state index is -3.14. The van der Waals surface area contributed by atoms with Crippen LogP contribution in [0.4, 0.5) is 0 Å². The van der Waals surface area contributed by atoms with Crippen LogP contribution in [-0.2, 0) is 34.5 Å². The van der Waals surface area contributed by atoms with E-state index in [-0.39, 0.29) is 17.1 Å². The fourth-order valence-electron chi connectivity index (χ4n) is 3.16. The second kappa shape index (κ2) is 5.59. The molecule has 0 radical (unpaired) electrons. The summed E-state index contributed by atoms with van der Waals surface area (Å²) >= 11 is 0. The molecule has 0 bridgehead atoms. The maximum atomic E-state index is 12.3. The molecule has 1 aliphatic heterocycles. The number of fused-ring (bicyclic) bond motifs is 1. The molecule has 126 valence electrons. The first kappa shape index (κ1) is 15.1. The van der Waals surface area contributed by atoms with E-state index in [4.69, 9.17) is 0 Å². The maximum absolute atomic E-state index is 12.3. The van der Waals surface area contributed by atoms with Crippen LogP contribution in [0.1, 0.15) is 43.6 Å². The van der Waals surface area contributed by atoms with Crippen LogP contribution in [-0.4, -0.2) is 40.0 Å². The van der Waals surface area contributed by atoms with Crippen LogP contribution in [0.3, 0.4) is 0 Å². The molecular weight excluding hydrogens is 316 g/mol. The molecule has 2 aliphatic carbocycles. The number of amides is 1. The Hall–Kier alpha value is -1.41. The lowest BCUT2D eigenvalue weighted by Gasteiger charge is -2.26. The van der Waals surface area contributed by atoms with Crippen LogP contribution in [0.5, 0.6) is 0 Å². The third-order valence-electron chi connectivity index (χ3n) is 5.04. The van der Waals surface area contributed by atoms with Gasteiger partial charge >= 0.3 is 0 Å². The second-order valence-electron chi connectivity index (χ2n) is 6.77. The zero-order chi connectivity index (χ0) is 16.0. The van der Waals surface area contributed by atoms with Gasteiger partial charge in [-0.15, -0.1) is 0 Å². The topological polar surface area (TPSA) is 84.3 Å². The summed E-state index contributed by atoms with van der Waals surface area (Å²) in [4.78, 5) is 16.4.